The van der Waals surface area contributed by atoms with Gasteiger partial charge in [-0.2, -0.15) is 0 Å². The van der Waals surface area contributed by atoms with Gasteiger partial charge in [0.15, 0.2) is 0 Å². The highest BCUT2D eigenvalue weighted by molar-refractivity contribution is 7.89. The summed E-state index contributed by atoms with van der Waals surface area (Å²) in [7, 11) is -3.06. The molecule has 1 atom stereocenters. The third-order valence-corrected chi connectivity index (χ3v) is 5.32. The molecule has 0 spiro atoms. The predicted octanol–water partition coefficient (Wildman–Crippen LogP) is 2.13. The molecule has 0 aliphatic carbocycles. The number of rotatable bonds is 5. The molecule has 1 aromatic carbocycles. The van der Waals surface area contributed by atoms with Crippen LogP contribution in [0, 0.1) is 5.92 Å². The molecule has 1 aromatic rings. The van der Waals surface area contributed by atoms with Crippen molar-refractivity contribution >= 4 is 10.0 Å². The van der Waals surface area contributed by atoms with E-state index in [1.807, 2.05) is 30.3 Å². The number of ether oxygens (including phenoxy) is 1. The average molecular weight is 283 g/mol. The molecular formula is C14H21NO3S. The van der Waals surface area contributed by atoms with Crippen LogP contribution in [0.2, 0.25) is 0 Å². The van der Waals surface area contributed by atoms with E-state index in [1.165, 1.54) is 0 Å². The Labute approximate surface area is 115 Å². The fraction of sp³-hybridized carbons (Fsp3) is 0.571. The lowest BCUT2D eigenvalue weighted by Crippen LogP contribution is -2.42. The van der Waals surface area contributed by atoms with Gasteiger partial charge in [0, 0.05) is 19.0 Å². The number of sulfonamides is 1. The second-order valence-electron chi connectivity index (χ2n) is 4.89. The number of para-hydroxylation sites is 1. The summed E-state index contributed by atoms with van der Waals surface area (Å²) in [6.07, 6.45) is 1.95. The van der Waals surface area contributed by atoms with Gasteiger partial charge in [-0.25, -0.2) is 12.7 Å². The van der Waals surface area contributed by atoms with Crippen LogP contribution >= 0.6 is 0 Å². The summed E-state index contributed by atoms with van der Waals surface area (Å²) in [6, 6.07) is 9.66. The summed E-state index contributed by atoms with van der Waals surface area (Å²) in [6.45, 7) is 3.51. The van der Waals surface area contributed by atoms with Gasteiger partial charge in [-0.1, -0.05) is 18.2 Å². The third-order valence-electron chi connectivity index (χ3n) is 3.47. The van der Waals surface area contributed by atoms with E-state index in [2.05, 4.69) is 0 Å². The molecule has 5 heteroatoms. The molecule has 0 N–H and O–H groups in total. The molecule has 19 heavy (non-hydrogen) atoms. The van der Waals surface area contributed by atoms with Crippen molar-refractivity contribution in [2.75, 3.05) is 25.4 Å². The van der Waals surface area contributed by atoms with Crippen LogP contribution in [0.5, 0.6) is 5.75 Å². The summed E-state index contributed by atoms with van der Waals surface area (Å²) in [5, 5.41) is 0. The lowest BCUT2D eigenvalue weighted by atomic mass is 10.0. The molecule has 106 valence electrons. The minimum atomic E-state index is -3.06. The standard InChI is InChI=1S/C14H21NO3S/c1-2-19(16,17)15-10-6-7-13(11-15)12-18-14-8-4-3-5-9-14/h3-5,8-9,13H,2,6-7,10-12H2,1H3/t13-/m1/s1. The quantitative estimate of drug-likeness (QED) is 0.831. The first-order chi connectivity index (χ1) is 9.12. The van der Waals surface area contributed by atoms with E-state index in [4.69, 9.17) is 4.74 Å². The van der Waals surface area contributed by atoms with E-state index < -0.39 is 10.0 Å². The number of benzene rings is 1. The minimum Gasteiger partial charge on any atom is -0.493 e. The molecule has 1 fully saturated rings. The molecule has 0 amide bonds. The zero-order chi connectivity index (χ0) is 13.7. The second kappa shape index (κ2) is 6.39. The summed E-state index contributed by atoms with van der Waals surface area (Å²) in [4.78, 5) is 0. The van der Waals surface area contributed by atoms with Crippen LogP contribution in [0.3, 0.4) is 0 Å². The van der Waals surface area contributed by atoms with Crippen LogP contribution in [-0.4, -0.2) is 38.2 Å². The highest BCUT2D eigenvalue weighted by atomic mass is 32.2. The van der Waals surface area contributed by atoms with Crippen molar-refractivity contribution in [3.05, 3.63) is 30.3 Å². The van der Waals surface area contributed by atoms with Crippen LogP contribution in [0.25, 0.3) is 0 Å². The summed E-state index contributed by atoms with van der Waals surface area (Å²) in [5.74, 6) is 1.31. The molecule has 1 aliphatic rings. The SMILES string of the molecule is CCS(=O)(=O)N1CCC[C@@H](COc2ccccc2)C1. The lowest BCUT2D eigenvalue weighted by molar-refractivity contribution is 0.180. The first-order valence-corrected chi connectivity index (χ1v) is 8.38. The van der Waals surface area contributed by atoms with Crippen molar-refractivity contribution in [2.24, 2.45) is 5.92 Å². The third kappa shape index (κ3) is 3.94. The van der Waals surface area contributed by atoms with Crippen molar-refractivity contribution in [3.63, 3.8) is 0 Å². The molecule has 0 bridgehead atoms. The molecule has 1 aliphatic heterocycles. The van der Waals surface area contributed by atoms with Crippen molar-refractivity contribution in [3.8, 4) is 5.75 Å². The van der Waals surface area contributed by atoms with Crippen molar-refractivity contribution in [2.45, 2.75) is 19.8 Å². The Kier molecular flexibility index (Phi) is 4.82. The molecule has 0 unspecified atom stereocenters. The van der Waals surface area contributed by atoms with Crippen molar-refractivity contribution in [1.82, 2.24) is 4.31 Å². The first kappa shape index (κ1) is 14.3. The molecule has 2 rings (SSSR count). The smallest absolute Gasteiger partial charge is 0.213 e. The fourth-order valence-electron chi connectivity index (χ4n) is 2.33. The zero-order valence-electron chi connectivity index (χ0n) is 11.3. The van der Waals surface area contributed by atoms with Gasteiger partial charge < -0.3 is 4.74 Å². The molecule has 4 nitrogen and oxygen atoms in total. The van der Waals surface area contributed by atoms with Crippen molar-refractivity contribution in [1.29, 1.82) is 0 Å². The molecule has 0 saturated carbocycles. The van der Waals surface area contributed by atoms with E-state index in [0.29, 0.717) is 19.7 Å². The highest BCUT2D eigenvalue weighted by Crippen LogP contribution is 2.20. The fourth-order valence-corrected chi connectivity index (χ4v) is 3.54. The van der Waals surface area contributed by atoms with Crippen LogP contribution < -0.4 is 4.74 Å². The van der Waals surface area contributed by atoms with Gasteiger partial charge in [0.1, 0.15) is 5.75 Å². The van der Waals surface area contributed by atoms with Gasteiger partial charge in [-0.3, -0.25) is 0 Å². The van der Waals surface area contributed by atoms with Gasteiger partial charge in [0.25, 0.3) is 0 Å². The topological polar surface area (TPSA) is 46.6 Å². The molecule has 1 saturated heterocycles. The van der Waals surface area contributed by atoms with Gasteiger partial charge in [-0.05, 0) is 31.9 Å². The summed E-state index contributed by atoms with van der Waals surface area (Å²) in [5.41, 5.74) is 0. The van der Waals surface area contributed by atoms with Gasteiger partial charge >= 0.3 is 0 Å². The zero-order valence-corrected chi connectivity index (χ0v) is 12.1. The maximum absolute atomic E-state index is 11.9. The van der Waals surface area contributed by atoms with Crippen LogP contribution in [0.4, 0.5) is 0 Å². The highest BCUT2D eigenvalue weighted by Gasteiger charge is 2.27. The largest absolute Gasteiger partial charge is 0.493 e. The summed E-state index contributed by atoms with van der Waals surface area (Å²) >= 11 is 0. The van der Waals surface area contributed by atoms with Crippen LogP contribution in [-0.2, 0) is 10.0 Å². The first-order valence-electron chi connectivity index (χ1n) is 6.77. The van der Waals surface area contributed by atoms with Gasteiger partial charge in [-0.15, -0.1) is 0 Å². The van der Waals surface area contributed by atoms with E-state index in [1.54, 1.807) is 11.2 Å². The maximum Gasteiger partial charge on any atom is 0.213 e. The lowest BCUT2D eigenvalue weighted by Gasteiger charge is -2.31. The Hall–Kier alpha value is -1.07. The normalized spacial score (nSPS) is 21.2. The van der Waals surface area contributed by atoms with E-state index in [-0.39, 0.29) is 11.7 Å². The second-order valence-corrected chi connectivity index (χ2v) is 7.15. The van der Waals surface area contributed by atoms with E-state index >= 15 is 0 Å². The van der Waals surface area contributed by atoms with Gasteiger partial charge in [0.2, 0.25) is 10.0 Å². The molecule has 1 heterocycles. The van der Waals surface area contributed by atoms with Gasteiger partial charge in [0.05, 0.1) is 12.4 Å². The molecule has 0 aromatic heterocycles. The number of piperidine rings is 1. The monoisotopic (exact) mass is 283 g/mol. The summed E-state index contributed by atoms with van der Waals surface area (Å²) < 4.78 is 31.0. The number of nitrogens with zero attached hydrogens (tertiary/aromatic N) is 1. The number of hydrogen-bond acceptors (Lipinski definition) is 3. The number of hydrogen-bond donors (Lipinski definition) is 0. The predicted molar refractivity (Wildman–Crippen MR) is 75.7 cm³/mol. The average Bonchev–Trinajstić information content (AvgIpc) is 2.46. The van der Waals surface area contributed by atoms with Crippen molar-refractivity contribution < 1.29 is 13.2 Å². The van der Waals surface area contributed by atoms with Crippen LogP contribution in [0.1, 0.15) is 19.8 Å². The minimum absolute atomic E-state index is 0.180. The Balaban J connectivity index is 1.88. The Morgan fingerprint density at radius 2 is 2.05 bits per heavy atom. The van der Waals surface area contributed by atoms with E-state index in [9.17, 15) is 8.42 Å². The Morgan fingerprint density at radius 3 is 2.74 bits per heavy atom. The molecule has 0 radical (unpaired) electrons. The Morgan fingerprint density at radius 1 is 1.32 bits per heavy atom. The maximum atomic E-state index is 11.9. The Bertz CT molecular complexity index is 487. The van der Waals surface area contributed by atoms with E-state index in [0.717, 1.165) is 18.6 Å². The molecular weight excluding hydrogens is 262 g/mol. The van der Waals surface area contributed by atoms with Crippen LogP contribution in [0.15, 0.2) is 30.3 Å².